The molecule has 5 nitrogen and oxygen atoms in total. The van der Waals surface area contributed by atoms with E-state index in [1.165, 1.54) is 13.2 Å². The zero-order valence-corrected chi connectivity index (χ0v) is 13.7. The van der Waals surface area contributed by atoms with E-state index in [-0.39, 0.29) is 5.97 Å². The highest BCUT2D eigenvalue weighted by atomic mass is 16.6. The lowest BCUT2D eigenvalue weighted by Gasteiger charge is -2.23. The molecule has 22 heavy (non-hydrogen) atoms. The fraction of sp³-hybridized carbons (Fsp3) is 0.412. The Morgan fingerprint density at radius 1 is 1.23 bits per heavy atom. The van der Waals surface area contributed by atoms with Gasteiger partial charge in [-0.15, -0.1) is 0 Å². The molecule has 0 bridgehead atoms. The third-order valence-corrected chi connectivity index (χ3v) is 2.69. The quantitative estimate of drug-likeness (QED) is 0.669. The van der Waals surface area contributed by atoms with E-state index < -0.39 is 17.6 Å². The summed E-state index contributed by atoms with van der Waals surface area (Å²) < 4.78 is 9.90. The van der Waals surface area contributed by atoms with Gasteiger partial charge in [-0.3, -0.25) is 0 Å². The number of hydrogen-bond donors (Lipinski definition) is 1. The highest BCUT2D eigenvalue weighted by molar-refractivity contribution is 5.88. The Bertz CT molecular complexity index is 558. The van der Waals surface area contributed by atoms with E-state index in [0.29, 0.717) is 0 Å². The SMILES string of the molecule is COC(=O)/C=C/c1ccccc1NC(C)C(=O)OC(C)(C)C. The van der Waals surface area contributed by atoms with Crippen molar-refractivity contribution in [2.45, 2.75) is 39.3 Å². The van der Waals surface area contributed by atoms with E-state index in [1.807, 2.05) is 45.0 Å². The van der Waals surface area contributed by atoms with Crippen molar-refractivity contribution in [3.63, 3.8) is 0 Å². The lowest BCUT2D eigenvalue weighted by molar-refractivity contribution is -0.155. The normalized spacial score (nSPS) is 12.8. The van der Waals surface area contributed by atoms with Crippen LogP contribution in [0.25, 0.3) is 6.08 Å². The smallest absolute Gasteiger partial charge is 0.330 e. The number of nitrogens with one attached hydrogen (secondary N) is 1. The molecular weight excluding hydrogens is 282 g/mol. The van der Waals surface area contributed by atoms with Crippen molar-refractivity contribution >= 4 is 23.7 Å². The minimum absolute atomic E-state index is 0.334. The lowest BCUT2D eigenvalue weighted by Crippen LogP contribution is -2.34. The Morgan fingerprint density at radius 3 is 2.45 bits per heavy atom. The van der Waals surface area contributed by atoms with Crippen LogP contribution >= 0.6 is 0 Å². The third kappa shape index (κ3) is 5.99. The zero-order valence-electron chi connectivity index (χ0n) is 13.7. The van der Waals surface area contributed by atoms with Gasteiger partial charge in [0.1, 0.15) is 11.6 Å². The molecule has 1 rings (SSSR count). The second kappa shape index (κ2) is 7.64. The number of ether oxygens (including phenoxy) is 2. The Balaban J connectivity index is 2.83. The van der Waals surface area contributed by atoms with E-state index in [9.17, 15) is 9.59 Å². The summed E-state index contributed by atoms with van der Waals surface area (Å²) in [4.78, 5) is 23.2. The van der Waals surface area contributed by atoms with Crippen molar-refractivity contribution in [1.82, 2.24) is 0 Å². The van der Waals surface area contributed by atoms with Gasteiger partial charge >= 0.3 is 11.9 Å². The standard InChI is InChI=1S/C17H23NO4/c1-12(16(20)22-17(2,3)4)18-14-9-7-6-8-13(14)10-11-15(19)21-5/h6-12,18H,1-5H3/b11-10+. The summed E-state index contributed by atoms with van der Waals surface area (Å²) in [7, 11) is 1.32. The summed E-state index contributed by atoms with van der Waals surface area (Å²) in [6.07, 6.45) is 2.97. The van der Waals surface area contributed by atoms with Gasteiger partial charge in [0.2, 0.25) is 0 Å². The van der Waals surface area contributed by atoms with Gasteiger partial charge in [-0.25, -0.2) is 9.59 Å². The average Bonchev–Trinajstić information content (AvgIpc) is 2.44. The third-order valence-electron chi connectivity index (χ3n) is 2.69. The molecule has 1 N–H and O–H groups in total. The Kier molecular flexibility index (Phi) is 6.16. The second-order valence-electron chi connectivity index (χ2n) is 5.84. The van der Waals surface area contributed by atoms with Crippen molar-refractivity contribution in [1.29, 1.82) is 0 Å². The number of carbonyl (C=O) groups excluding carboxylic acids is 2. The first kappa shape index (κ1) is 17.8. The summed E-state index contributed by atoms with van der Waals surface area (Å²) in [5, 5.41) is 3.10. The van der Waals surface area contributed by atoms with Gasteiger partial charge in [-0.2, -0.15) is 0 Å². The van der Waals surface area contributed by atoms with Crippen LogP contribution in [0.5, 0.6) is 0 Å². The molecule has 0 amide bonds. The minimum Gasteiger partial charge on any atom is -0.466 e. The Morgan fingerprint density at radius 2 is 1.86 bits per heavy atom. The van der Waals surface area contributed by atoms with E-state index in [1.54, 1.807) is 13.0 Å². The van der Waals surface area contributed by atoms with Crippen molar-refractivity contribution in [2.24, 2.45) is 0 Å². The highest BCUT2D eigenvalue weighted by Crippen LogP contribution is 2.19. The van der Waals surface area contributed by atoms with Crippen LogP contribution in [0.3, 0.4) is 0 Å². The number of benzene rings is 1. The number of rotatable bonds is 5. The van der Waals surface area contributed by atoms with Gasteiger partial charge < -0.3 is 14.8 Å². The molecule has 0 saturated carbocycles. The number of carbonyl (C=O) groups is 2. The molecule has 0 spiro atoms. The molecular formula is C17H23NO4. The van der Waals surface area contributed by atoms with Crippen LogP contribution in [0.1, 0.15) is 33.3 Å². The first-order valence-corrected chi connectivity index (χ1v) is 7.07. The topological polar surface area (TPSA) is 64.6 Å². The summed E-state index contributed by atoms with van der Waals surface area (Å²) >= 11 is 0. The van der Waals surface area contributed by atoms with Crippen LogP contribution in [-0.2, 0) is 19.1 Å². The van der Waals surface area contributed by atoms with Crippen LogP contribution in [-0.4, -0.2) is 30.7 Å². The molecule has 1 aromatic carbocycles. The molecule has 1 atom stereocenters. The highest BCUT2D eigenvalue weighted by Gasteiger charge is 2.21. The molecule has 0 aliphatic carbocycles. The number of methoxy groups -OCH3 is 1. The fourth-order valence-electron chi connectivity index (χ4n) is 1.68. The van der Waals surface area contributed by atoms with Gasteiger partial charge in [0.15, 0.2) is 0 Å². The summed E-state index contributed by atoms with van der Waals surface area (Å²) in [5.41, 5.74) is 0.987. The molecule has 0 heterocycles. The maximum atomic E-state index is 12.0. The lowest BCUT2D eigenvalue weighted by atomic mass is 10.1. The summed E-state index contributed by atoms with van der Waals surface area (Å²) in [5.74, 6) is -0.769. The van der Waals surface area contributed by atoms with E-state index in [0.717, 1.165) is 11.3 Å². The van der Waals surface area contributed by atoms with Crippen molar-refractivity contribution in [3.8, 4) is 0 Å². The van der Waals surface area contributed by atoms with Crippen LogP contribution in [0.15, 0.2) is 30.3 Å². The molecule has 0 radical (unpaired) electrons. The molecule has 5 heteroatoms. The number of hydrogen-bond acceptors (Lipinski definition) is 5. The van der Waals surface area contributed by atoms with E-state index in [4.69, 9.17) is 4.74 Å². The molecule has 0 aromatic heterocycles. The van der Waals surface area contributed by atoms with Gasteiger partial charge in [-0.1, -0.05) is 18.2 Å². The first-order chi connectivity index (χ1) is 10.2. The molecule has 0 fully saturated rings. The minimum atomic E-state index is -0.530. The maximum Gasteiger partial charge on any atom is 0.330 e. The van der Waals surface area contributed by atoms with E-state index >= 15 is 0 Å². The van der Waals surface area contributed by atoms with Gasteiger partial charge in [0.05, 0.1) is 7.11 Å². The summed E-state index contributed by atoms with van der Waals surface area (Å²) in [6, 6.07) is 6.85. The predicted molar refractivity (Wildman–Crippen MR) is 86.4 cm³/mol. The van der Waals surface area contributed by atoms with Crippen LogP contribution in [0.2, 0.25) is 0 Å². The van der Waals surface area contributed by atoms with Gasteiger partial charge in [0, 0.05) is 11.8 Å². The largest absolute Gasteiger partial charge is 0.466 e. The second-order valence-corrected chi connectivity index (χ2v) is 5.84. The van der Waals surface area contributed by atoms with E-state index in [2.05, 4.69) is 10.1 Å². The van der Waals surface area contributed by atoms with Crippen LogP contribution in [0, 0.1) is 0 Å². The molecule has 0 aliphatic rings. The van der Waals surface area contributed by atoms with Gasteiger partial charge in [-0.05, 0) is 45.4 Å². The molecule has 120 valence electrons. The number of esters is 2. The van der Waals surface area contributed by atoms with Crippen molar-refractivity contribution in [2.75, 3.05) is 12.4 Å². The molecule has 0 saturated heterocycles. The van der Waals surface area contributed by atoms with Crippen LogP contribution in [0.4, 0.5) is 5.69 Å². The summed E-state index contributed by atoms with van der Waals surface area (Å²) in [6.45, 7) is 7.20. The zero-order chi connectivity index (χ0) is 16.8. The maximum absolute atomic E-state index is 12.0. The molecule has 0 aliphatic heterocycles. The molecule has 1 unspecified atom stereocenters. The van der Waals surface area contributed by atoms with Crippen LogP contribution < -0.4 is 5.32 Å². The first-order valence-electron chi connectivity index (χ1n) is 7.07. The number of para-hydroxylation sites is 1. The average molecular weight is 305 g/mol. The predicted octanol–water partition coefficient (Wildman–Crippen LogP) is 3.01. The molecule has 1 aromatic rings. The Hall–Kier alpha value is -2.30. The fourth-order valence-corrected chi connectivity index (χ4v) is 1.68. The monoisotopic (exact) mass is 305 g/mol. The Labute approximate surface area is 131 Å². The van der Waals surface area contributed by atoms with Crippen molar-refractivity contribution < 1.29 is 19.1 Å². The van der Waals surface area contributed by atoms with Gasteiger partial charge in [0.25, 0.3) is 0 Å². The number of anilines is 1. The van der Waals surface area contributed by atoms with Crippen molar-refractivity contribution in [3.05, 3.63) is 35.9 Å².